The fraction of sp³-hybridized carbons (Fsp3) is 0.357. The zero-order chi connectivity index (χ0) is 15.0. The van der Waals surface area contributed by atoms with Crippen LogP contribution in [0.2, 0.25) is 0 Å². The molecule has 0 unspecified atom stereocenters. The number of aryl methyl sites for hydroxylation is 2. The van der Waals surface area contributed by atoms with Crippen molar-refractivity contribution in [3.05, 3.63) is 35.3 Å². The second-order valence-electron chi connectivity index (χ2n) is 4.69. The van der Waals surface area contributed by atoms with Gasteiger partial charge in [-0.2, -0.15) is 4.98 Å². The first-order chi connectivity index (χ1) is 10.1. The highest BCUT2D eigenvalue weighted by Crippen LogP contribution is 2.21. The van der Waals surface area contributed by atoms with Gasteiger partial charge < -0.3 is 13.7 Å². The van der Waals surface area contributed by atoms with E-state index in [4.69, 9.17) is 20.8 Å². The molecule has 0 aromatic carbocycles. The molecule has 0 aliphatic heterocycles. The number of halogens is 1. The maximum atomic E-state index is 5.99. The topological polar surface area (TPSA) is 66.0 Å². The number of oxazole rings is 1. The quantitative estimate of drug-likeness (QED) is 0.693. The highest BCUT2D eigenvalue weighted by molar-refractivity contribution is 6.16. The first kappa shape index (κ1) is 13.9. The van der Waals surface area contributed by atoms with Gasteiger partial charge in [-0.25, -0.2) is 9.97 Å². The number of fused-ring (bicyclic) bond motifs is 1. The van der Waals surface area contributed by atoms with Crippen molar-refractivity contribution in [2.24, 2.45) is 0 Å². The summed E-state index contributed by atoms with van der Waals surface area (Å²) >= 11 is 5.99. The molecule has 0 fully saturated rings. The highest BCUT2D eigenvalue weighted by atomic mass is 35.5. The minimum atomic E-state index is 0.289. The van der Waals surface area contributed by atoms with Gasteiger partial charge in [-0.05, 0) is 19.9 Å². The van der Waals surface area contributed by atoms with Crippen molar-refractivity contribution in [2.75, 3.05) is 7.11 Å². The van der Waals surface area contributed by atoms with E-state index in [1.165, 1.54) is 0 Å². The molecule has 0 N–H and O–H groups in total. The third kappa shape index (κ3) is 2.47. The van der Waals surface area contributed by atoms with E-state index in [2.05, 4.69) is 15.0 Å². The van der Waals surface area contributed by atoms with Crippen LogP contribution in [0.15, 0.2) is 16.5 Å². The summed E-state index contributed by atoms with van der Waals surface area (Å²) in [6.07, 6.45) is 0. The Morgan fingerprint density at radius 3 is 2.67 bits per heavy atom. The molecule has 3 rings (SSSR count). The minimum Gasteiger partial charge on any atom is -0.481 e. The molecule has 3 heterocycles. The van der Waals surface area contributed by atoms with E-state index in [0.29, 0.717) is 24.0 Å². The average molecular weight is 307 g/mol. The van der Waals surface area contributed by atoms with Gasteiger partial charge in [0.2, 0.25) is 11.8 Å². The van der Waals surface area contributed by atoms with Gasteiger partial charge in [0, 0.05) is 6.07 Å². The molecule has 0 aliphatic carbocycles. The van der Waals surface area contributed by atoms with Crippen LogP contribution in [0.4, 0.5) is 0 Å². The van der Waals surface area contributed by atoms with Gasteiger partial charge in [-0.15, -0.1) is 11.6 Å². The number of alkyl halides is 1. The summed E-state index contributed by atoms with van der Waals surface area (Å²) in [6.45, 7) is 4.24. The van der Waals surface area contributed by atoms with Crippen LogP contribution in [-0.4, -0.2) is 26.6 Å². The van der Waals surface area contributed by atoms with Crippen LogP contribution in [-0.2, 0) is 12.4 Å². The van der Waals surface area contributed by atoms with Crippen LogP contribution in [0, 0.1) is 13.8 Å². The Labute approximate surface area is 126 Å². The fourth-order valence-electron chi connectivity index (χ4n) is 2.16. The van der Waals surface area contributed by atoms with Crippen LogP contribution in [0.25, 0.3) is 11.2 Å². The first-order valence-electron chi connectivity index (χ1n) is 6.51. The van der Waals surface area contributed by atoms with Gasteiger partial charge in [0.05, 0.1) is 18.7 Å². The van der Waals surface area contributed by atoms with E-state index in [9.17, 15) is 0 Å². The molecule has 0 amide bonds. The largest absolute Gasteiger partial charge is 0.481 e. The Morgan fingerprint density at radius 2 is 2.05 bits per heavy atom. The fourth-order valence-corrected chi connectivity index (χ4v) is 2.36. The molecule has 110 valence electrons. The summed E-state index contributed by atoms with van der Waals surface area (Å²) in [5.74, 6) is 2.97. The summed E-state index contributed by atoms with van der Waals surface area (Å²) in [5.41, 5.74) is 2.36. The number of ether oxygens (including phenoxy) is 1. The van der Waals surface area contributed by atoms with Crippen molar-refractivity contribution in [3.8, 4) is 5.88 Å². The molecule has 0 bridgehead atoms. The Bertz CT molecular complexity index is 774. The third-order valence-electron chi connectivity index (χ3n) is 3.34. The zero-order valence-electron chi connectivity index (χ0n) is 12.1. The second kappa shape index (κ2) is 5.37. The normalized spacial score (nSPS) is 11.2. The summed E-state index contributed by atoms with van der Waals surface area (Å²) in [4.78, 5) is 13.3. The Morgan fingerprint density at radius 1 is 1.24 bits per heavy atom. The van der Waals surface area contributed by atoms with Crippen LogP contribution in [0.1, 0.15) is 23.2 Å². The molecule has 7 heteroatoms. The number of aromatic nitrogens is 4. The van der Waals surface area contributed by atoms with Crippen LogP contribution in [0.3, 0.4) is 0 Å². The van der Waals surface area contributed by atoms with Gasteiger partial charge in [0.1, 0.15) is 23.6 Å². The number of pyridine rings is 1. The molecule has 3 aromatic heterocycles. The molecule has 6 nitrogen and oxygen atoms in total. The maximum Gasteiger partial charge on any atom is 0.215 e. The second-order valence-corrected chi connectivity index (χ2v) is 4.96. The summed E-state index contributed by atoms with van der Waals surface area (Å²) in [6, 6.07) is 3.64. The van der Waals surface area contributed by atoms with Gasteiger partial charge in [-0.1, -0.05) is 0 Å². The Balaban J connectivity index is 2.10. The summed E-state index contributed by atoms with van der Waals surface area (Å²) in [7, 11) is 1.58. The van der Waals surface area contributed by atoms with Crippen LogP contribution < -0.4 is 4.74 Å². The van der Waals surface area contributed by atoms with Gasteiger partial charge in [-0.3, -0.25) is 0 Å². The number of methoxy groups -OCH3 is 1. The first-order valence-corrected chi connectivity index (χ1v) is 7.05. The number of imidazole rings is 1. The van der Waals surface area contributed by atoms with Crippen molar-refractivity contribution in [3.63, 3.8) is 0 Å². The summed E-state index contributed by atoms with van der Waals surface area (Å²) < 4.78 is 12.7. The molecule has 21 heavy (non-hydrogen) atoms. The van der Waals surface area contributed by atoms with Crippen molar-refractivity contribution in [1.82, 2.24) is 19.5 Å². The molecule has 0 aliphatic rings. The molecule has 0 saturated heterocycles. The number of nitrogens with zero attached hydrogens (tertiary/aromatic N) is 4. The molecule has 0 saturated carbocycles. The molecule has 0 radical (unpaired) electrons. The molecular weight excluding hydrogens is 292 g/mol. The molecule has 0 atom stereocenters. The lowest BCUT2D eigenvalue weighted by molar-refractivity contribution is 0.398. The predicted molar refractivity (Wildman–Crippen MR) is 78.7 cm³/mol. The highest BCUT2D eigenvalue weighted by Gasteiger charge is 2.15. The lowest BCUT2D eigenvalue weighted by atomic mass is 10.4. The Kier molecular flexibility index (Phi) is 3.55. The summed E-state index contributed by atoms with van der Waals surface area (Å²) in [5, 5.41) is 0. The van der Waals surface area contributed by atoms with Crippen molar-refractivity contribution in [2.45, 2.75) is 26.3 Å². The van der Waals surface area contributed by atoms with E-state index in [1.54, 1.807) is 13.2 Å². The minimum absolute atomic E-state index is 0.289. The third-order valence-corrected chi connectivity index (χ3v) is 3.58. The van der Waals surface area contributed by atoms with Crippen molar-refractivity contribution < 1.29 is 9.15 Å². The Hall–Kier alpha value is -2.08. The predicted octanol–water partition coefficient (Wildman–Crippen LogP) is 2.83. The van der Waals surface area contributed by atoms with Crippen molar-refractivity contribution in [1.29, 1.82) is 0 Å². The van der Waals surface area contributed by atoms with Gasteiger partial charge in [0.25, 0.3) is 0 Å². The smallest absolute Gasteiger partial charge is 0.215 e. The van der Waals surface area contributed by atoms with Crippen LogP contribution >= 0.6 is 11.6 Å². The maximum absolute atomic E-state index is 5.99. The van der Waals surface area contributed by atoms with E-state index in [1.807, 2.05) is 24.5 Å². The SMILES string of the molecule is COc1ccc2nc(CCl)n(Cc3nc(C)c(C)o3)c2n1. The number of rotatable bonds is 4. The van der Waals surface area contributed by atoms with E-state index in [-0.39, 0.29) is 5.88 Å². The van der Waals surface area contributed by atoms with Gasteiger partial charge in [0.15, 0.2) is 5.65 Å². The number of hydrogen-bond acceptors (Lipinski definition) is 5. The average Bonchev–Trinajstić information content (AvgIpc) is 2.99. The lowest BCUT2D eigenvalue weighted by Crippen LogP contribution is -2.05. The molecular formula is C14H15ClN4O2. The number of hydrogen-bond donors (Lipinski definition) is 0. The van der Waals surface area contributed by atoms with E-state index >= 15 is 0 Å². The van der Waals surface area contributed by atoms with Crippen molar-refractivity contribution >= 4 is 22.8 Å². The van der Waals surface area contributed by atoms with E-state index in [0.717, 1.165) is 22.8 Å². The zero-order valence-corrected chi connectivity index (χ0v) is 12.8. The molecule has 3 aromatic rings. The monoisotopic (exact) mass is 306 g/mol. The lowest BCUT2D eigenvalue weighted by Gasteiger charge is -2.04. The standard InChI is InChI=1S/C14H15ClN4O2/c1-8-9(2)21-13(16-8)7-19-11(6-15)17-10-4-5-12(20-3)18-14(10)19/h4-5H,6-7H2,1-3H3. The molecule has 0 spiro atoms. The van der Waals surface area contributed by atoms with Gasteiger partial charge >= 0.3 is 0 Å². The van der Waals surface area contributed by atoms with E-state index < -0.39 is 0 Å². The van der Waals surface area contributed by atoms with Crippen LogP contribution in [0.5, 0.6) is 5.88 Å².